The first-order chi connectivity index (χ1) is 14.8. The van der Waals surface area contributed by atoms with Crippen LogP contribution in [0.1, 0.15) is 48.1 Å². The Labute approximate surface area is 176 Å². The number of rotatable bonds is 3. The Morgan fingerprint density at radius 3 is 2.61 bits per heavy atom. The highest BCUT2D eigenvalue weighted by Crippen LogP contribution is 2.37. The van der Waals surface area contributed by atoms with E-state index in [1.807, 2.05) is 6.07 Å². The number of pyridine rings is 1. The zero-order chi connectivity index (χ0) is 22.2. The molecule has 0 radical (unpaired) electrons. The summed E-state index contributed by atoms with van der Waals surface area (Å²) in [5.74, 6) is 0. The average molecular weight is 424 g/mol. The molecule has 4 rings (SSSR count). The lowest BCUT2D eigenvalue weighted by Crippen LogP contribution is -2.38. The molecule has 0 bridgehead atoms. The molecule has 2 aromatic rings. The quantitative estimate of drug-likeness (QED) is 0.679. The zero-order valence-electron chi connectivity index (χ0n) is 16.4. The van der Waals surface area contributed by atoms with Gasteiger partial charge >= 0.3 is 12.2 Å². The number of hydrogen-bond acceptors (Lipinski definition) is 4. The van der Waals surface area contributed by atoms with E-state index >= 15 is 0 Å². The minimum absolute atomic E-state index is 0.110. The van der Waals surface area contributed by atoms with Crippen molar-refractivity contribution in [3.05, 3.63) is 58.9 Å². The second kappa shape index (κ2) is 7.84. The molecule has 156 valence electrons. The Bertz CT molecular complexity index is 1160. The highest BCUT2D eigenvalue weighted by Gasteiger charge is 2.49. The summed E-state index contributed by atoms with van der Waals surface area (Å²) < 4.78 is 41.7. The Morgan fingerprint density at radius 2 is 1.97 bits per heavy atom. The summed E-state index contributed by atoms with van der Waals surface area (Å²) in [5, 5.41) is 18.0. The van der Waals surface area contributed by atoms with Gasteiger partial charge in [0.1, 0.15) is 29.7 Å². The van der Waals surface area contributed by atoms with Gasteiger partial charge < -0.3 is 0 Å². The maximum atomic E-state index is 13.5. The van der Waals surface area contributed by atoms with Gasteiger partial charge in [-0.3, -0.25) is 0 Å². The smallest absolute Gasteiger partial charge is 0.245 e. The fourth-order valence-electron chi connectivity index (χ4n) is 4.20. The van der Waals surface area contributed by atoms with E-state index in [2.05, 4.69) is 4.98 Å². The standard InChI is InChI=1S/C22H17F3N5O/c23-22(24,25)18-9-17(8-6-15(18)10-26)30-20-4-2-1-3-19(20)29(21(30)31)13-14-5-7-16(11-27)28-12-14/h5-9,12,19H,1-4,13H2/q+1/t19-/m0/s1. The number of aromatic nitrogens is 1. The van der Waals surface area contributed by atoms with Gasteiger partial charge in [0.2, 0.25) is 0 Å². The first kappa shape index (κ1) is 20.5. The molecule has 1 aromatic heterocycles. The fourth-order valence-corrected chi connectivity index (χ4v) is 4.20. The Hall–Kier alpha value is -3.72. The molecule has 1 aliphatic carbocycles. The first-order valence-corrected chi connectivity index (χ1v) is 9.76. The molecular weight excluding hydrogens is 407 g/mol. The molecule has 2 heterocycles. The Morgan fingerprint density at radius 1 is 1.16 bits per heavy atom. The number of urea groups is 1. The lowest BCUT2D eigenvalue weighted by molar-refractivity contribution is -0.334. The molecule has 1 fully saturated rings. The number of nitriles is 2. The van der Waals surface area contributed by atoms with Crippen molar-refractivity contribution in [3.63, 3.8) is 0 Å². The van der Waals surface area contributed by atoms with Crippen LogP contribution in [0.25, 0.3) is 0 Å². The van der Waals surface area contributed by atoms with E-state index in [0.717, 1.165) is 42.7 Å². The third kappa shape index (κ3) is 3.75. The van der Waals surface area contributed by atoms with Crippen LogP contribution in [0.4, 0.5) is 23.7 Å². The summed E-state index contributed by atoms with van der Waals surface area (Å²) in [4.78, 5) is 19.0. The molecule has 0 unspecified atom stereocenters. The third-order valence-corrected chi connectivity index (χ3v) is 5.62. The van der Waals surface area contributed by atoms with Crippen molar-refractivity contribution in [2.24, 2.45) is 0 Å². The zero-order valence-corrected chi connectivity index (χ0v) is 16.4. The number of hydrogen-bond donors (Lipinski definition) is 0. The van der Waals surface area contributed by atoms with E-state index in [9.17, 15) is 18.0 Å². The predicted octanol–water partition coefficient (Wildman–Crippen LogP) is 4.51. The fraction of sp³-hybridized carbons (Fsp3) is 0.318. The van der Waals surface area contributed by atoms with Crippen LogP contribution in [0.2, 0.25) is 0 Å². The van der Waals surface area contributed by atoms with Crippen molar-refractivity contribution in [3.8, 4) is 12.1 Å². The van der Waals surface area contributed by atoms with Crippen LogP contribution in [0.15, 0.2) is 36.5 Å². The number of carbonyl (C=O) groups excluding carboxylic acids is 1. The van der Waals surface area contributed by atoms with Crippen molar-refractivity contribution in [1.29, 1.82) is 10.5 Å². The van der Waals surface area contributed by atoms with E-state index in [-0.39, 0.29) is 24.0 Å². The van der Waals surface area contributed by atoms with Gasteiger partial charge in [-0.2, -0.15) is 33.1 Å². The Balaban J connectivity index is 1.73. The van der Waals surface area contributed by atoms with Gasteiger partial charge in [-0.1, -0.05) is 6.07 Å². The molecule has 1 atom stereocenters. The van der Waals surface area contributed by atoms with Gasteiger partial charge in [-0.15, -0.1) is 0 Å². The van der Waals surface area contributed by atoms with Crippen molar-refractivity contribution in [2.75, 3.05) is 0 Å². The SMILES string of the molecule is N#Cc1ccc(CN2C(=O)[N+](c3ccc(C#N)c(C(F)(F)F)c3)=C3CCCC[C@@H]32)cn1. The van der Waals surface area contributed by atoms with Crippen LogP contribution in [0, 0.1) is 22.7 Å². The highest BCUT2D eigenvalue weighted by molar-refractivity contribution is 5.97. The maximum Gasteiger partial charge on any atom is 0.499 e. The van der Waals surface area contributed by atoms with E-state index in [0.29, 0.717) is 6.42 Å². The molecule has 6 nitrogen and oxygen atoms in total. The molecule has 0 saturated heterocycles. The van der Waals surface area contributed by atoms with Gasteiger partial charge in [0.15, 0.2) is 6.04 Å². The van der Waals surface area contributed by atoms with Crippen LogP contribution in [0.3, 0.4) is 0 Å². The Kier molecular flexibility index (Phi) is 5.20. The number of carbonyl (C=O) groups is 1. The summed E-state index contributed by atoms with van der Waals surface area (Å²) in [7, 11) is 0. The molecule has 0 N–H and O–H groups in total. The van der Waals surface area contributed by atoms with E-state index < -0.39 is 23.3 Å². The summed E-state index contributed by atoms with van der Waals surface area (Å²) in [6, 6.07) is 9.55. The number of benzene rings is 1. The minimum Gasteiger partial charge on any atom is -0.245 e. The van der Waals surface area contributed by atoms with Crippen LogP contribution in [0.5, 0.6) is 0 Å². The van der Waals surface area contributed by atoms with E-state index in [1.165, 1.54) is 16.8 Å². The van der Waals surface area contributed by atoms with Crippen LogP contribution < -0.4 is 0 Å². The van der Waals surface area contributed by atoms with Crippen LogP contribution >= 0.6 is 0 Å². The normalized spacial score (nSPS) is 18.5. The topological polar surface area (TPSA) is 83.8 Å². The van der Waals surface area contributed by atoms with E-state index in [1.54, 1.807) is 23.1 Å². The summed E-state index contributed by atoms with van der Waals surface area (Å²) in [5.41, 5.74) is 0.348. The predicted molar refractivity (Wildman–Crippen MR) is 103 cm³/mol. The molecule has 1 saturated carbocycles. The van der Waals surface area contributed by atoms with Gasteiger partial charge in [0, 0.05) is 18.2 Å². The third-order valence-electron chi connectivity index (χ3n) is 5.62. The van der Waals surface area contributed by atoms with E-state index in [4.69, 9.17) is 10.5 Å². The summed E-state index contributed by atoms with van der Waals surface area (Å²) >= 11 is 0. The van der Waals surface area contributed by atoms with Crippen LogP contribution in [-0.2, 0) is 12.7 Å². The largest absolute Gasteiger partial charge is 0.499 e. The molecule has 9 heteroatoms. The number of nitrogens with zero attached hydrogens (tertiary/aromatic N) is 5. The first-order valence-electron chi connectivity index (χ1n) is 9.76. The number of halogens is 3. The lowest BCUT2D eigenvalue weighted by Gasteiger charge is -2.21. The van der Waals surface area contributed by atoms with Gasteiger partial charge in [-0.25, -0.2) is 9.88 Å². The second-order valence-electron chi connectivity index (χ2n) is 7.50. The maximum absolute atomic E-state index is 13.5. The monoisotopic (exact) mass is 424 g/mol. The van der Waals surface area contributed by atoms with Gasteiger partial charge in [0.25, 0.3) is 0 Å². The summed E-state index contributed by atoms with van der Waals surface area (Å²) in [6.45, 7) is 0.241. The minimum atomic E-state index is -4.70. The molecule has 1 aliphatic heterocycles. The highest BCUT2D eigenvalue weighted by atomic mass is 19.4. The van der Waals surface area contributed by atoms with Crippen molar-refractivity contribution < 1.29 is 22.5 Å². The average Bonchev–Trinajstić information content (AvgIpc) is 3.04. The van der Waals surface area contributed by atoms with Crippen LogP contribution in [-0.4, -0.2) is 32.2 Å². The number of fused-ring (bicyclic) bond motifs is 1. The second-order valence-corrected chi connectivity index (χ2v) is 7.50. The van der Waals surface area contributed by atoms with Gasteiger partial charge in [0.05, 0.1) is 17.2 Å². The molecule has 31 heavy (non-hydrogen) atoms. The number of alkyl halides is 3. The lowest BCUT2D eigenvalue weighted by atomic mass is 9.92. The number of amides is 2. The molecule has 2 aliphatic rings. The van der Waals surface area contributed by atoms with Crippen molar-refractivity contribution in [2.45, 2.75) is 44.4 Å². The molecule has 2 amide bonds. The molecule has 1 aromatic carbocycles. The molecular formula is C22H17F3N5O+. The van der Waals surface area contributed by atoms with Crippen molar-refractivity contribution >= 4 is 17.4 Å². The summed E-state index contributed by atoms with van der Waals surface area (Å²) in [6.07, 6.45) is -0.0682. The molecule has 0 spiro atoms. The van der Waals surface area contributed by atoms with Gasteiger partial charge in [-0.05, 0) is 43.5 Å². The van der Waals surface area contributed by atoms with Crippen molar-refractivity contribution in [1.82, 2.24) is 9.88 Å².